The summed E-state index contributed by atoms with van der Waals surface area (Å²) in [6, 6.07) is 20.2. The van der Waals surface area contributed by atoms with E-state index in [0.717, 1.165) is 17.3 Å². The normalized spacial score (nSPS) is 18.9. The first-order chi connectivity index (χ1) is 14.1. The Balaban J connectivity index is 1.57. The van der Waals surface area contributed by atoms with Gasteiger partial charge in [0.25, 0.3) is 0 Å². The molecule has 2 atom stereocenters. The summed E-state index contributed by atoms with van der Waals surface area (Å²) in [6.45, 7) is 1.01. The maximum atomic E-state index is 13.9. The Morgan fingerprint density at radius 2 is 1.66 bits per heavy atom. The Bertz CT molecular complexity index is 933. The van der Waals surface area contributed by atoms with Crippen LogP contribution in [0, 0.1) is 11.6 Å². The molecule has 1 aliphatic heterocycles. The highest BCUT2D eigenvalue weighted by atomic mass is 35.5. The summed E-state index contributed by atoms with van der Waals surface area (Å²) < 4.78 is 39.6. The van der Waals surface area contributed by atoms with E-state index in [0.29, 0.717) is 23.8 Å². The molecule has 0 aliphatic carbocycles. The van der Waals surface area contributed by atoms with E-state index in [1.807, 2.05) is 47.4 Å². The lowest BCUT2D eigenvalue weighted by molar-refractivity contribution is 0.00496. The molecule has 1 heterocycles. The molecule has 0 aromatic heterocycles. The Hall–Kier alpha value is -2.47. The molecule has 0 bridgehead atoms. The van der Waals surface area contributed by atoms with Crippen LogP contribution in [0.3, 0.4) is 0 Å². The van der Waals surface area contributed by atoms with Crippen LogP contribution >= 0.6 is 11.6 Å². The standard InChI is InChI=1S/C23H20ClF2NO2/c24-18-6-8-21(9-7-18)27-15-29-22(14-28-13-16-4-2-1-3-5-16)23(27)17-10-19(25)12-20(26)11-17/h1-12,22-23H,13-15H2/t22-,23-/m0/s1. The zero-order valence-corrected chi connectivity index (χ0v) is 16.4. The van der Waals surface area contributed by atoms with Gasteiger partial charge in [0.2, 0.25) is 0 Å². The average Bonchev–Trinajstić information content (AvgIpc) is 3.12. The summed E-state index contributed by atoms with van der Waals surface area (Å²) in [7, 11) is 0. The summed E-state index contributed by atoms with van der Waals surface area (Å²) in [5.74, 6) is -1.24. The van der Waals surface area contributed by atoms with Crippen molar-refractivity contribution in [3.8, 4) is 0 Å². The molecule has 1 saturated heterocycles. The number of halogens is 3. The number of benzene rings is 3. The molecule has 3 aromatic carbocycles. The smallest absolute Gasteiger partial charge is 0.126 e. The van der Waals surface area contributed by atoms with Crippen molar-refractivity contribution in [3.63, 3.8) is 0 Å². The minimum absolute atomic E-state index is 0.282. The Kier molecular flexibility index (Phi) is 6.09. The van der Waals surface area contributed by atoms with Crippen LogP contribution in [0.25, 0.3) is 0 Å². The summed E-state index contributed by atoms with van der Waals surface area (Å²) >= 11 is 6.00. The molecular weight excluding hydrogens is 396 g/mol. The molecule has 0 N–H and O–H groups in total. The third-order valence-corrected chi connectivity index (χ3v) is 5.15. The van der Waals surface area contributed by atoms with E-state index in [9.17, 15) is 8.78 Å². The van der Waals surface area contributed by atoms with E-state index in [1.165, 1.54) is 12.1 Å². The van der Waals surface area contributed by atoms with Crippen LogP contribution < -0.4 is 4.90 Å². The van der Waals surface area contributed by atoms with Gasteiger partial charge in [-0.15, -0.1) is 0 Å². The van der Waals surface area contributed by atoms with Crippen molar-refractivity contribution in [1.82, 2.24) is 0 Å². The molecule has 0 radical (unpaired) electrons. The number of rotatable bonds is 6. The number of ether oxygens (including phenoxy) is 2. The van der Waals surface area contributed by atoms with E-state index >= 15 is 0 Å². The fourth-order valence-corrected chi connectivity index (χ4v) is 3.69. The van der Waals surface area contributed by atoms with E-state index in [1.54, 1.807) is 12.1 Å². The molecule has 6 heteroatoms. The van der Waals surface area contributed by atoms with Crippen LogP contribution in [0.1, 0.15) is 17.2 Å². The molecule has 29 heavy (non-hydrogen) atoms. The Morgan fingerprint density at radius 3 is 2.34 bits per heavy atom. The van der Waals surface area contributed by atoms with Crippen LogP contribution in [-0.2, 0) is 16.1 Å². The fraction of sp³-hybridized carbons (Fsp3) is 0.217. The van der Waals surface area contributed by atoms with Crippen molar-refractivity contribution < 1.29 is 18.3 Å². The van der Waals surface area contributed by atoms with Gasteiger partial charge >= 0.3 is 0 Å². The zero-order valence-electron chi connectivity index (χ0n) is 15.6. The molecule has 0 spiro atoms. The Labute approximate surface area is 173 Å². The van der Waals surface area contributed by atoms with Crippen LogP contribution in [0.4, 0.5) is 14.5 Å². The van der Waals surface area contributed by atoms with Gasteiger partial charge in [-0.3, -0.25) is 0 Å². The van der Waals surface area contributed by atoms with Crippen LogP contribution in [0.2, 0.25) is 5.02 Å². The summed E-state index contributed by atoms with van der Waals surface area (Å²) in [4.78, 5) is 1.96. The van der Waals surface area contributed by atoms with Gasteiger partial charge in [0.15, 0.2) is 0 Å². The minimum atomic E-state index is -0.619. The van der Waals surface area contributed by atoms with Crippen molar-refractivity contribution in [2.24, 2.45) is 0 Å². The molecule has 0 unspecified atom stereocenters. The molecule has 0 amide bonds. The molecule has 3 aromatic rings. The summed E-state index contributed by atoms with van der Waals surface area (Å²) in [6.07, 6.45) is -0.379. The van der Waals surface area contributed by atoms with Gasteiger partial charge in [0.1, 0.15) is 24.5 Å². The molecule has 1 fully saturated rings. The SMILES string of the molecule is Fc1cc(F)cc([C@H]2[C@H](COCc3ccccc3)OCN2c2ccc(Cl)cc2)c1. The van der Waals surface area contributed by atoms with E-state index in [4.69, 9.17) is 21.1 Å². The highest BCUT2D eigenvalue weighted by Gasteiger charge is 2.37. The second kappa shape index (κ2) is 8.91. The number of nitrogens with zero attached hydrogens (tertiary/aromatic N) is 1. The highest BCUT2D eigenvalue weighted by molar-refractivity contribution is 6.30. The monoisotopic (exact) mass is 415 g/mol. The lowest BCUT2D eigenvalue weighted by Crippen LogP contribution is -2.30. The molecule has 0 saturated carbocycles. The lowest BCUT2D eigenvalue weighted by atomic mass is 10.00. The second-order valence-electron chi connectivity index (χ2n) is 6.93. The third kappa shape index (κ3) is 4.75. The van der Waals surface area contributed by atoms with Gasteiger partial charge in [0, 0.05) is 16.8 Å². The molecule has 1 aliphatic rings. The van der Waals surface area contributed by atoms with E-state index < -0.39 is 17.7 Å². The van der Waals surface area contributed by atoms with Crippen molar-refractivity contribution in [2.45, 2.75) is 18.8 Å². The predicted molar refractivity (Wildman–Crippen MR) is 109 cm³/mol. The maximum absolute atomic E-state index is 13.9. The first-order valence-electron chi connectivity index (χ1n) is 9.31. The molecular formula is C23H20ClF2NO2. The van der Waals surface area contributed by atoms with Gasteiger partial charge in [-0.25, -0.2) is 8.78 Å². The number of hydrogen-bond donors (Lipinski definition) is 0. The minimum Gasteiger partial charge on any atom is -0.374 e. The Morgan fingerprint density at radius 1 is 0.966 bits per heavy atom. The maximum Gasteiger partial charge on any atom is 0.126 e. The first kappa shape index (κ1) is 19.8. The van der Waals surface area contributed by atoms with Crippen molar-refractivity contribution in [2.75, 3.05) is 18.2 Å². The summed E-state index contributed by atoms with van der Waals surface area (Å²) in [5.41, 5.74) is 2.41. The lowest BCUT2D eigenvalue weighted by Gasteiger charge is -2.28. The van der Waals surface area contributed by atoms with Crippen LogP contribution in [0.15, 0.2) is 72.8 Å². The van der Waals surface area contributed by atoms with E-state index in [-0.39, 0.29) is 12.8 Å². The van der Waals surface area contributed by atoms with Gasteiger partial charge in [-0.2, -0.15) is 0 Å². The fourth-order valence-electron chi connectivity index (χ4n) is 3.56. The van der Waals surface area contributed by atoms with E-state index in [2.05, 4.69) is 0 Å². The third-order valence-electron chi connectivity index (χ3n) is 4.89. The van der Waals surface area contributed by atoms with Crippen molar-refractivity contribution in [3.05, 3.63) is 101 Å². The topological polar surface area (TPSA) is 21.7 Å². The van der Waals surface area contributed by atoms with Gasteiger partial charge in [0.05, 0.1) is 19.3 Å². The first-order valence-corrected chi connectivity index (χ1v) is 9.69. The average molecular weight is 416 g/mol. The molecule has 150 valence electrons. The highest BCUT2D eigenvalue weighted by Crippen LogP contribution is 2.37. The number of anilines is 1. The van der Waals surface area contributed by atoms with Gasteiger partial charge < -0.3 is 14.4 Å². The molecule has 3 nitrogen and oxygen atoms in total. The van der Waals surface area contributed by atoms with Gasteiger partial charge in [-0.1, -0.05) is 41.9 Å². The quantitative estimate of drug-likeness (QED) is 0.512. The molecule has 4 rings (SSSR count). The number of hydrogen-bond acceptors (Lipinski definition) is 3. The predicted octanol–water partition coefficient (Wildman–Crippen LogP) is 5.74. The van der Waals surface area contributed by atoms with Crippen LogP contribution in [-0.4, -0.2) is 19.4 Å². The van der Waals surface area contributed by atoms with Gasteiger partial charge in [-0.05, 0) is 47.5 Å². The second-order valence-corrected chi connectivity index (χ2v) is 7.37. The summed E-state index contributed by atoms with van der Waals surface area (Å²) in [5, 5.41) is 0.616. The zero-order chi connectivity index (χ0) is 20.2. The largest absolute Gasteiger partial charge is 0.374 e. The van der Waals surface area contributed by atoms with Crippen LogP contribution in [0.5, 0.6) is 0 Å². The van der Waals surface area contributed by atoms with Crippen molar-refractivity contribution in [1.29, 1.82) is 0 Å². The van der Waals surface area contributed by atoms with Crippen molar-refractivity contribution >= 4 is 17.3 Å².